The lowest BCUT2D eigenvalue weighted by molar-refractivity contribution is -0.271. The number of benzene rings is 2. The van der Waals surface area contributed by atoms with E-state index in [9.17, 15) is 20.1 Å². The van der Waals surface area contributed by atoms with Crippen molar-refractivity contribution in [2.24, 2.45) is 0 Å². The third kappa shape index (κ3) is 2.89. The molecule has 0 aliphatic carbocycles. The van der Waals surface area contributed by atoms with Crippen LogP contribution in [0, 0.1) is 0 Å². The van der Waals surface area contributed by atoms with Crippen molar-refractivity contribution in [1.29, 1.82) is 0 Å². The third-order valence-electron chi connectivity index (χ3n) is 4.57. The fourth-order valence-corrected chi connectivity index (χ4v) is 2.95. The number of phenolic OH excluding ortho intramolecular Hbond substituents is 1. The zero-order chi connectivity index (χ0) is 19.9. The van der Waals surface area contributed by atoms with Crippen LogP contribution >= 0.6 is 0 Å². The van der Waals surface area contributed by atoms with Crippen LogP contribution in [0.5, 0.6) is 23.0 Å². The standard InChI is InChI=1S/C21H20O6/c1-5-21(2,3)16-14(23)10-13(22)15-17(24)18(25)19(27-20(15)16)11-6-8-12(26-4)9-7-11/h5-10,22-23,25H,1H2,2-4H3/p-2. The van der Waals surface area contributed by atoms with Crippen LogP contribution in [0.15, 0.2) is 52.2 Å². The Hall–Kier alpha value is -3.41. The van der Waals surface area contributed by atoms with Gasteiger partial charge >= 0.3 is 0 Å². The molecule has 1 aromatic heterocycles. The van der Waals surface area contributed by atoms with Crippen molar-refractivity contribution < 1.29 is 24.5 Å². The summed E-state index contributed by atoms with van der Waals surface area (Å²) in [6.07, 6.45) is 1.54. The van der Waals surface area contributed by atoms with Gasteiger partial charge in [0.15, 0.2) is 5.43 Å². The first-order valence-corrected chi connectivity index (χ1v) is 8.20. The number of methoxy groups -OCH3 is 1. The summed E-state index contributed by atoms with van der Waals surface area (Å²) in [5.74, 6) is -1.62. The molecule has 0 saturated carbocycles. The SMILES string of the molecule is C=CC(C)(C)c1c([O-])cc(O)c2c(=O)c([O-])c(-c3ccc(OC)cc3)oc12. The molecule has 2 aromatic carbocycles. The van der Waals surface area contributed by atoms with Gasteiger partial charge in [-0.05, 0) is 41.6 Å². The summed E-state index contributed by atoms with van der Waals surface area (Å²) >= 11 is 0. The van der Waals surface area contributed by atoms with E-state index >= 15 is 0 Å². The summed E-state index contributed by atoms with van der Waals surface area (Å²) in [5.41, 5.74) is -1.38. The molecule has 3 rings (SSSR count). The Kier molecular flexibility index (Phi) is 4.35. The van der Waals surface area contributed by atoms with Gasteiger partial charge in [-0.2, -0.15) is 0 Å². The average Bonchev–Trinajstić information content (AvgIpc) is 2.64. The summed E-state index contributed by atoms with van der Waals surface area (Å²) in [4.78, 5) is 12.7. The first-order chi connectivity index (χ1) is 12.7. The lowest BCUT2D eigenvalue weighted by atomic mass is 9.83. The van der Waals surface area contributed by atoms with Gasteiger partial charge in [0.1, 0.15) is 28.2 Å². The van der Waals surface area contributed by atoms with Crippen molar-refractivity contribution in [3.63, 3.8) is 0 Å². The molecule has 0 unspecified atom stereocenters. The molecule has 6 heteroatoms. The molecule has 27 heavy (non-hydrogen) atoms. The van der Waals surface area contributed by atoms with Gasteiger partial charge < -0.3 is 24.5 Å². The molecule has 0 aliphatic heterocycles. The summed E-state index contributed by atoms with van der Waals surface area (Å²) < 4.78 is 10.8. The molecular weight excluding hydrogens is 348 g/mol. The summed E-state index contributed by atoms with van der Waals surface area (Å²) in [5, 5.41) is 34.9. The minimum atomic E-state index is -0.930. The van der Waals surface area contributed by atoms with Crippen molar-refractivity contribution in [2.75, 3.05) is 7.11 Å². The normalized spacial score (nSPS) is 11.5. The number of fused-ring (bicyclic) bond motifs is 1. The van der Waals surface area contributed by atoms with Gasteiger partial charge in [-0.25, -0.2) is 0 Å². The van der Waals surface area contributed by atoms with Crippen molar-refractivity contribution in [3.05, 3.63) is 58.8 Å². The number of ether oxygens (including phenoxy) is 1. The number of phenols is 1. The van der Waals surface area contributed by atoms with Crippen LogP contribution in [-0.2, 0) is 5.41 Å². The zero-order valence-corrected chi connectivity index (χ0v) is 15.2. The molecule has 0 atom stereocenters. The maximum Gasteiger partial charge on any atom is 0.189 e. The van der Waals surface area contributed by atoms with Crippen molar-refractivity contribution >= 4 is 11.0 Å². The minimum absolute atomic E-state index is 0.111. The van der Waals surface area contributed by atoms with Crippen molar-refractivity contribution in [1.82, 2.24) is 0 Å². The molecule has 0 spiro atoms. The fraction of sp³-hybridized carbons (Fsp3) is 0.190. The first-order valence-electron chi connectivity index (χ1n) is 8.20. The van der Waals surface area contributed by atoms with Crippen LogP contribution in [0.2, 0.25) is 0 Å². The van der Waals surface area contributed by atoms with Crippen LogP contribution in [0.4, 0.5) is 0 Å². The molecule has 140 valence electrons. The summed E-state index contributed by atoms with van der Waals surface area (Å²) in [7, 11) is 1.51. The van der Waals surface area contributed by atoms with E-state index in [0.29, 0.717) is 11.3 Å². The Morgan fingerprint density at radius 2 is 1.85 bits per heavy atom. The Morgan fingerprint density at radius 3 is 2.41 bits per heavy atom. The molecule has 0 bridgehead atoms. The highest BCUT2D eigenvalue weighted by atomic mass is 16.5. The van der Waals surface area contributed by atoms with Crippen LogP contribution < -0.4 is 20.4 Å². The largest absolute Gasteiger partial charge is 0.872 e. The van der Waals surface area contributed by atoms with E-state index in [1.54, 1.807) is 44.2 Å². The third-order valence-corrected chi connectivity index (χ3v) is 4.57. The maximum absolute atomic E-state index is 12.7. The van der Waals surface area contributed by atoms with Gasteiger partial charge in [-0.15, -0.1) is 6.58 Å². The monoisotopic (exact) mass is 366 g/mol. The quantitative estimate of drug-likeness (QED) is 0.712. The second-order valence-corrected chi connectivity index (χ2v) is 6.72. The highest BCUT2D eigenvalue weighted by Crippen LogP contribution is 2.42. The number of rotatable bonds is 4. The van der Waals surface area contributed by atoms with Gasteiger partial charge in [-0.3, -0.25) is 4.79 Å². The van der Waals surface area contributed by atoms with E-state index in [4.69, 9.17) is 9.15 Å². The molecule has 0 amide bonds. The number of hydrogen-bond acceptors (Lipinski definition) is 6. The topological polar surface area (TPSA) is 106 Å². The molecule has 0 radical (unpaired) electrons. The second-order valence-electron chi connectivity index (χ2n) is 6.72. The fourth-order valence-electron chi connectivity index (χ4n) is 2.95. The predicted octanol–water partition coefficient (Wildman–Crippen LogP) is 2.79. The molecule has 3 aromatic rings. The van der Waals surface area contributed by atoms with E-state index in [1.807, 2.05) is 0 Å². The molecule has 1 N–H and O–H groups in total. The molecule has 0 fully saturated rings. The van der Waals surface area contributed by atoms with Gasteiger partial charge in [0, 0.05) is 11.0 Å². The van der Waals surface area contributed by atoms with Crippen molar-refractivity contribution in [2.45, 2.75) is 19.3 Å². The highest BCUT2D eigenvalue weighted by Gasteiger charge is 2.25. The number of allylic oxidation sites excluding steroid dienone is 1. The first kappa shape index (κ1) is 18.4. The van der Waals surface area contributed by atoms with Gasteiger partial charge in [0.05, 0.1) is 7.11 Å². The lowest BCUT2D eigenvalue weighted by Crippen LogP contribution is -2.19. The Bertz CT molecular complexity index is 1090. The van der Waals surface area contributed by atoms with Gasteiger partial charge in [0.25, 0.3) is 0 Å². The molecule has 0 saturated heterocycles. The Labute approximate surface area is 155 Å². The molecular formula is C21H18O6-2. The molecule has 1 heterocycles. The van der Waals surface area contributed by atoms with Gasteiger partial charge in [0.2, 0.25) is 0 Å². The second kappa shape index (κ2) is 6.39. The minimum Gasteiger partial charge on any atom is -0.872 e. The lowest BCUT2D eigenvalue weighted by Gasteiger charge is -2.28. The maximum atomic E-state index is 12.7. The zero-order valence-electron chi connectivity index (χ0n) is 15.2. The van der Waals surface area contributed by atoms with Gasteiger partial charge in [-0.1, -0.05) is 25.7 Å². The van der Waals surface area contributed by atoms with Crippen LogP contribution in [0.3, 0.4) is 0 Å². The molecule has 0 aliphatic rings. The predicted molar refractivity (Wildman–Crippen MR) is 98.3 cm³/mol. The van der Waals surface area contributed by atoms with Crippen LogP contribution in [-0.4, -0.2) is 12.2 Å². The summed E-state index contributed by atoms with van der Waals surface area (Å²) in [6.45, 7) is 7.18. The Morgan fingerprint density at radius 1 is 1.22 bits per heavy atom. The van der Waals surface area contributed by atoms with E-state index in [0.717, 1.165) is 6.07 Å². The van der Waals surface area contributed by atoms with E-state index in [1.165, 1.54) is 7.11 Å². The van der Waals surface area contributed by atoms with E-state index in [-0.39, 0.29) is 22.3 Å². The van der Waals surface area contributed by atoms with Crippen LogP contribution in [0.25, 0.3) is 22.3 Å². The highest BCUT2D eigenvalue weighted by molar-refractivity contribution is 5.91. The number of aromatic hydroxyl groups is 1. The van der Waals surface area contributed by atoms with E-state index < -0.39 is 28.1 Å². The average molecular weight is 366 g/mol. The number of hydrogen-bond donors (Lipinski definition) is 1. The summed E-state index contributed by atoms with van der Waals surface area (Å²) in [6, 6.07) is 7.31. The van der Waals surface area contributed by atoms with E-state index in [2.05, 4.69) is 6.58 Å². The molecule has 6 nitrogen and oxygen atoms in total. The van der Waals surface area contributed by atoms with Crippen molar-refractivity contribution in [3.8, 4) is 34.3 Å². The Balaban J connectivity index is 2.44. The smallest absolute Gasteiger partial charge is 0.189 e. The van der Waals surface area contributed by atoms with Crippen LogP contribution in [0.1, 0.15) is 19.4 Å².